The third-order valence-corrected chi connectivity index (χ3v) is 3.66. The number of benzene rings is 1. The molecule has 2 heteroatoms. The van der Waals surface area contributed by atoms with Crippen LogP contribution in [-0.2, 0) is 11.2 Å². The normalized spacial score (nSPS) is 26.2. The summed E-state index contributed by atoms with van der Waals surface area (Å²) in [5, 5.41) is 0. The number of aryl methyl sites for hydroxylation is 1. The minimum absolute atomic E-state index is 0.0788. The van der Waals surface area contributed by atoms with Crippen molar-refractivity contribution in [3.63, 3.8) is 0 Å². The molecule has 0 radical (unpaired) electrons. The molecule has 0 amide bonds. The van der Waals surface area contributed by atoms with E-state index >= 15 is 0 Å². The largest absolute Gasteiger partial charge is 0.453 e. The first kappa shape index (κ1) is 9.64. The van der Waals surface area contributed by atoms with Crippen LogP contribution in [0.4, 0.5) is 0 Å². The van der Waals surface area contributed by atoms with E-state index in [4.69, 9.17) is 4.74 Å². The van der Waals surface area contributed by atoms with Gasteiger partial charge >= 0.3 is 5.97 Å². The monoisotopic (exact) mass is 214 g/mol. The Balaban J connectivity index is 2.16. The highest BCUT2D eigenvalue weighted by Gasteiger charge is 2.40. The zero-order chi connectivity index (χ0) is 11.3. The van der Waals surface area contributed by atoms with Gasteiger partial charge in [0, 0.05) is 11.5 Å². The standard InChI is InChI=1S/C14H14O2/c1-8(2)10-7-6-9-4-3-5-11-12(9)13(10)16-14(11)15/h3-5,10,13H,1,6-7H2,2H3/t10-,13+/m1/s1. The van der Waals surface area contributed by atoms with Crippen LogP contribution >= 0.6 is 0 Å². The zero-order valence-corrected chi connectivity index (χ0v) is 9.32. The van der Waals surface area contributed by atoms with Gasteiger partial charge in [-0.3, -0.25) is 0 Å². The Kier molecular flexibility index (Phi) is 1.93. The Morgan fingerprint density at radius 2 is 2.31 bits per heavy atom. The molecule has 0 N–H and O–H groups in total. The smallest absolute Gasteiger partial charge is 0.339 e. The van der Waals surface area contributed by atoms with Gasteiger partial charge in [-0.05, 0) is 31.4 Å². The molecule has 0 saturated heterocycles. The van der Waals surface area contributed by atoms with Crippen LogP contribution in [0.1, 0.15) is 40.9 Å². The fraction of sp³-hybridized carbons (Fsp3) is 0.357. The molecule has 0 fully saturated rings. The first-order valence-electron chi connectivity index (χ1n) is 5.66. The minimum Gasteiger partial charge on any atom is -0.453 e. The molecule has 1 heterocycles. The highest BCUT2D eigenvalue weighted by atomic mass is 16.5. The van der Waals surface area contributed by atoms with Gasteiger partial charge < -0.3 is 4.74 Å². The summed E-state index contributed by atoms with van der Waals surface area (Å²) in [6.07, 6.45) is 1.97. The van der Waals surface area contributed by atoms with E-state index in [0.717, 1.165) is 29.5 Å². The molecule has 3 rings (SSSR count). The van der Waals surface area contributed by atoms with Crippen molar-refractivity contribution in [2.75, 3.05) is 0 Å². The van der Waals surface area contributed by atoms with Gasteiger partial charge in [-0.1, -0.05) is 24.3 Å². The maximum absolute atomic E-state index is 11.7. The molecule has 0 aromatic heterocycles. The second-order valence-electron chi connectivity index (χ2n) is 4.70. The molecule has 2 nitrogen and oxygen atoms in total. The summed E-state index contributed by atoms with van der Waals surface area (Å²) in [7, 11) is 0. The molecule has 16 heavy (non-hydrogen) atoms. The lowest BCUT2D eigenvalue weighted by Gasteiger charge is -2.29. The van der Waals surface area contributed by atoms with Crippen LogP contribution in [-0.4, -0.2) is 5.97 Å². The van der Waals surface area contributed by atoms with E-state index in [1.165, 1.54) is 5.56 Å². The number of hydrogen-bond donors (Lipinski definition) is 0. The maximum Gasteiger partial charge on any atom is 0.339 e. The van der Waals surface area contributed by atoms with Gasteiger partial charge in [0.2, 0.25) is 0 Å². The summed E-state index contributed by atoms with van der Waals surface area (Å²) in [4.78, 5) is 11.7. The molecular formula is C14H14O2. The Morgan fingerprint density at radius 1 is 1.50 bits per heavy atom. The van der Waals surface area contributed by atoms with E-state index in [1.54, 1.807) is 0 Å². The Hall–Kier alpha value is -1.57. The van der Waals surface area contributed by atoms with Crippen LogP contribution in [0.2, 0.25) is 0 Å². The maximum atomic E-state index is 11.7. The SMILES string of the molecule is C=C(C)[C@H]1CCc2cccc3c2[C@H]1OC3=O. The van der Waals surface area contributed by atoms with Crippen molar-refractivity contribution >= 4 is 5.97 Å². The van der Waals surface area contributed by atoms with E-state index in [1.807, 2.05) is 19.1 Å². The van der Waals surface area contributed by atoms with Gasteiger partial charge in [0.05, 0.1) is 5.56 Å². The summed E-state index contributed by atoms with van der Waals surface area (Å²) < 4.78 is 5.49. The van der Waals surface area contributed by atoms with Crippen LogP contribution in [0.3, 0.4) is 0 Å². The van der Waals surface area contributed by atoms with Crippen molar-refractivity contribution in [2.45, 2.75) is 25.9 Å². The van der Waals surface area contributed by atoms with Gasteiger partial charge in [-0.25, -0.2) is 4.79 Å². The number of hydrogen-bond acceptors (Lipinski definition) is 2. The van der Waals surface area contributed by atoms with Gasteiger partial charge in [-0.2, -0.15) is 0 Å². The highest BCUT2D eigenvalue weighted by molar-refractivity contribution is 5.94. The van der Waals surface area contributed by atoms with E-state index < -0.39 is 0 Å². The van der Waals surface area contributed by atoms with Crippen LogP contribution < -0.4 is 0 Å². The topological polar surface area (TPSA) is 26.3 Å². The molecule has 2 atom stereocenters. The van der Waals surface area contributed by atoms with Crippen molar-refractivity contribution in [1.82, 2.24) is 0 Å². The molecule has 0 bridgehead atoms. The number of carbonyl (C=O) groups excluding carboxylic acids is 1. The summed E-state index contributed by atoms with van der Waals surface area (Å²) in [5.41, 5.74) is 4.26. The van der Waals surface area contributed by atoms with Crippen molar-refractivity contribution in [3.05, 3.63) is 47.0 Å². The molecule has 82 valence electrons. The lowest BCUT2D eigenvalue weighted by molar-refractivity contribution is 0.0254. The Bertz CT molecular complexity index is 488. The quantitative estimate of drug-likeness (QED) is 0.530. The van der Waals surface area contributed by atoms with Gasteiger partial charge in [0.1, 0.15) is 6.10 Å². The van der Waals surface area contributed by atoms with E-state index in [9.17, 15) is 4.79 Å². The average Bonchev–Trinajstić information content (AvgIpc) is 2.59. The van der Waals surface area contributed by atoms with Gasteiger partial charge in [-0.15, -0.1) is 0 Å². The second kappa shape index (κ2) is 3.21. The van der Waals surface area contributed by atoms with Gasteiger partial charge in [0.15, 0.2) is 0 Å². The molecule has 1 aromatic carbocycles. The van der Waals surface area contributed by atoms with Crippen molar-refractivity contribution < 1.29 is 9.53 Å². The summed E-state index contributed by atoms with van der Waals surface area (Å²) in [5.74, 6) is 0.120. The van der Waals surface area contributed by atoms with Crippen LogP contribution in [0.25, 0.3) is 0 Å². The Labute approximate surface area is 94.9 Å². The zero-order valence-electron chi connectivity index (χ0n) is 9.32. The number of carbonyl (C=O) groups is 1. The number of esters is 1. The molecular weight excluding hydrogens is 200 g/mol. The highest BCUT2D eigenvalue weighted by Crippen LogP contribution is 2.46. The average molecular weight is 214 g/mol. The molecule has 0 unspecified atom stereocenters. The summed E-state index contributed by atoms with van der Waals surface area (Å²) in [6.45, 7) is 6.03. The fourth-order valence-electron chi connectivity index (χ4n) is 2.83. The number of rotatable bonds is 1. The van der Waals surface area contributed by atoms with E-state index in [0.29, 0.717) is 5.92 Å². The molecule has 0 saturated carbocycles. The van der Waals surface area contributed by atoms with Gasteiger partial charge in [0.25, 0.3) is 0 Å². The fourth-order valence-corrected chi connectivity index (χ4v) is 2.83. The lowest BCUT2D eigenvalue weighted by Crippen LogP contribution is -2.20. The lowest BCUT2D eigenvalue weighted by atomic mass is 9.78. The van der Waals surface area contributed by atoms with E-state index in [2.05, 4.69) is 12.6 Å². The van der Waals surface area contributed by atoms with Crippen molar-refractivity contribution in [1.29, 1.82) is 0 Å². The molecule has 1 aliphatic heterocycles. The molecule has 2 aliphatic rings. The van der Waals surface area contributed by atoms with E-state index in [-0.39, 0.29) is 12.1 Å². The number of ether oxygens (including phenoxy) is 1. The molecule has 0 spiro atoms. The second-order valence-corrected chi connectivity index (χ2v) is 4.70. The Morgan fingerprint density at radius 3 is 3.06 bits per heavy atom. The minimum atomic E-state index is -0.171. The predicted octanol–water partition coefficient (Wildman–Crippen LogP) is 3.04. The molecule has 1 aliphatic carbocycles. The van der Waals surface area contributed by atoms with Crippen LogP contribution in [0, 0.1) is 5.92 Å². The van der Waals surface area contributed by atoms with Crippen molar-refractivity contribution in [2.24, 2.45) is 5.92 Å². The van der Waals surface area contributed by atoms with Crippen molar-refractivity contribution in [3.8, 4) is 0 Å². The third kappa shape index (κ3) is 1.16. The predicted molar refractivity (Wildman–Crippen MR) is 61.2 cm³/mol. The van der Waals surface area contributed by atoms with Crippen LogP contribution in [0.15, 0.2) is 30.4 Å². The summed E-state index contributed by atoms with van der Waals surface area (Å²) >= 11 is 0. The van der Waals surface area contributed by atoms with Crippen LogP contribution in [0.5, 0.6) is 0 Å². The molecule has 1 aromatic rings. The summed E-state index contributed by atoms with van der Waals surface area (Å²) in [6, 6.07) is 5.91. The third-order valence-electron chi connectivity index (χ3n) is 3.66. The first-order chi connectivity index (χ1) is 7.68. The first-order valence-corrected chi connectivity index (χ1v) is 5.66.